The number of amides is 2. The second kappa shape index (κ2) is 6.97. The lowest BCUT2D eigenvalue weighted by atomic mass is 10.2. The number of carbonyl (C=O) groups is 2. The van der Waals surface area contributed by atoms with Gasteiger partial charge in [0.15, 0.2) is 0 Å². The van der Waals surface area contributed by atoms with E-state index in [0.29, 0.717) is 0 Å². The highest BCUT2D eigenvalue weighted by atomic mass is 16.6. The van der Waals surface area contributed by atoms with Crippen LogP contribution in [0.3, 0.4) is 0 Å². The quantitative estimate of drug-likeness (QED) is 0.771. The summed E-state index contributed by atoms with van der Waals surface area (Å²) >= 11 is 0. The predicted octanol–water partition coefficient (Wildman–Crippen LogP) is 1.79. The molecule has 21 heavy (non-hydrogen) atoms. The summed E-state index contributed by atoms with van der Waals surface area (Å²) in [5.41, 5.74) is 6.62. The third-order valence-electron chi connectivity index (χ3n) is 2.59. The van der Waals surface area contributed by atoms with Crippen LogP contribution in [0, 0.1) is 6.92 Å². The molecule has 1 atom stereocenters. The van der Waals surface area contributed by atoms with Gasteiger partial charge in [0.25, 0.3) is 0 Å². The van der Waals surface area contributed by atoms with Crippen molar-refractivity contribution in [3.63, 3.8) is 0 Å². The minimum Gasteiger partial charge on any atom is -0.444 e. The highest BCUT2D eigenvalue weighted by Crippen LogP contribution is 2.10. The van der Waals surface area contributed by atoms with Crippen molar-refractivity contribution in [2.24, 2.45) is 5.73 Å². The molecule has 0 bridgehead atoms. The van der Waals surface area contributed by atoms with Gasteiger partial charge in [-0.3, -0.25) is 4.79 Å². The highest BCUT2D eigenvalue weighted by Gasteiger charge is 2.19. The summed E-state index contributed by atoms with van der Waals surface area (Å²) in [4.78, 5) is 23.0. The van der Waals surface area contributed by atoms with Gasteiger partial charge in [0.1, 0.15) is 11.6 Å². The second-order valence-corrected chi connectivity index (χ2v) is 5.85. The minimum absolute atomic E-state index is 0.0537. The molecule has 2 amide bonds. The van der Waals surface area contributed by atoms with Crippen LogP contribution in [0.4, 0.5) is 10.5 Å². The van der Waals surface area contributed by atoms with Crippen LogP contribution in [-0.2, 0) is 9.53 Å². The fraction of sp³-hybridized carbons (Fsp3) is 0.467. The maximum Gasteiger partial charge on any atom is 0.407 e. The molecule has 0 fully saturated rings. The van der Waals surface area contributed by atoms with E-state index in [2.05, 4.69) is 10.6 Å². The Bertz CT molecular complexity index is 492. The topological polar surface area (TPSA) is 93.4 Å². The number of anilines is 1. The Morgan fingerprint density at radius 3 is 2.29 bits per heavy atom. The van der Waals surface area contributed by atoms with Gasteiger partial charge in [0.2, 0.25) is 5.91 Å². The summed E-state index contributed by atoms with van der Waals surface area (Å²) in [5, 5.41) is 5.51. The van der Waals surface area contributed by atoms with Gasteiger partial charge in [-0.05, 0) is 39.8 Å². The molecule has 1 rings (SSSR count). The van der Waals surface area contributed by atoms with Gasteiger partial charge in [-0.1, -0.05) is 17.7 Å². The number of primary amides is 1. The molecule has 0 aliphatic rings. The number of alkyl carbamates (subject to hydrolysis) is 1. The first-order valence-corrected chi connectivity index (χ1v) is 6.77. The molecule has 0 heterocycles. The Balaban J connectivity index is 2.56. The van der Waals surface area contributed by atoms with Crippen LogP contribution >= 0.6 is 0 Å². The molecule has 4 N–H and O–H groups in total. The Morgan fingerprint density at radius 2 is 1.81 bits per heavy atom. The van der Waals surface area contributed by atoms with Crippen LogP contribution in [0.2, 0.25) is 0 Å². The summed E-state index contributed by atoms with van der Waals surface area (Å²) < 4.78 is 5.10. The van der Waals surface area contributed by atoms with Gasteiger partial charge in [-0.25, -0.2) is 4.79 Å². The molecule has 1 aromatic carbocycles. The SMILES string of the molecule is Cc1ccc(NC(CNC(=O)OC(C)(C)C)C(N)=O)cc1. The maximum atomic E-state index is 11.6. The molecule has 6 heteroatoms. The van der Waals surface area contributed by atoms with Crippen molar-refractivity contribution in [2.75, 3.05) is 11.9 Å². The van der Waals surface area contributed by atoms with Crippen LogP contribution < -0.4 is 16.4 Å². The van der Waals surface area contributed by atoms with E-state index < -0.39 is 23.6 Å². The average molecular weight is 293 g/mol. The number of nitrogens with one attached hydrogen (secondary N) is 2. The van der Waals surface area contributed by atoms with Gasteiger partial charge in [-0.2, -0.15) is 0 Å². The molecular weight excluding hydrogens is 270 g/mol. The molecule has 0 spiro atoms. The van der Waals surface area contributed by atoms with E-state index in [1.807, 2.05) is 31.2 Å². The zero-order valence-electron chi connectivity index (χ0n) is 12.9. The number of nitrogens with two attached hydrogens (primary N) is 1. The molecule has 6 nitrogen and oxygen atoms in total. The van der Waals surface area contributed by atoms with Gasteiger partial charge in [0.05, 0.1) is 6.54 Å². The first-order chi connectivity index (χ1) is 9.67. The molecule has 116 valence electrons. The molecule has 0 aliphatic heterocycles. The van der Waals surface area contributed by atoms with Crippen LogP contribution in [0.1, 0.15) is 26.3 Å². The first-order valence-electron chi connectivity index (χ1n) is 6.77. The summed E-state index contributed by atoms with van der Waals surface area (Å²) in [6.07, 6.45) is -0.584. The van der Waals surface area contributed by atoms with Crippen molar-refractivity contribution in [1.29, 1.82) is 0 Å². The number of aryl methyl sites for hydroxylation is 1. The van der Waals surface area contributed by atoms with Crippen LogP contribution in [0.25, 0.3) is 0 Å². The molecular formula is C15H23N3O3. The summed E-state index contributed by atoms with van der Waals surface area (Å²) in [6, 6.07) is 6.82. The lowest BCUT2D eigenvalue weighted by Crippen LogP contribution is -2.46. The maximum absolute atomic E-state index is 11.6. The van der Waals surface area contributed by atoms with Gasteiger partial charge < -0.3 is 21.1 Å². The van der Waals surface area contributed by atoms with E-state index in [9.17, 15) is 9.59 Å². The van der Waals surface area contributed by atoms with Crippen molar-refractivity contribution in [1.82, 2.24) is 5.32 Å². The molecule has 0 radical (unpaired) electrons. The molecule has 0 saturated carbocycles. The number of rotatable bonds is 5. The van der Waals surface area contributed by atoms with E-state index >= 15 is 0 Å². The minimum atomic E-state index is -0.708. The van der Waals surface area contributed by atoms with Crippen molar-refractivity contribution in [3.8, 4) is 0 Å². The van der Waals surface area contributed by atoms with Crippen LogP contribution in [0.15, 0.2) is 24.3 Å². The van der Waals surface area contributed by atoms with Crippen LogP contribution in [-0.4, -0.2) is 30.2 Å². The van der Waals surface area contributed by atoms with E-state index in [0.717, 1.165) is 11.3 Å². The number of benzene rings is 1. The molecule has 1 aromatic rings. The van der Waals surface area contributed by atoms with Crippen molar-refractivity contribution >= 4 is 17.7 Å². The van der Waals surface area contributed by atoms with Crippen molar-refractivity contribution in [2.45, 2.75) is 39.3 Å². The molecule has 0 saturated heterocycles. The van der Waals surface area contributed by atoms with Gasteiger partial charge in [0, 0.05) is 5.69 Å². The van der Waals surface area contributed by atoms with Crippen molar-refractivity contribution in [3.05, 3.63) is 29.8 Å². The molecule has 1 unspecified atom stereocenters. The van der Waals surface area contributed by atoms with Crippen LogP contribution in [0.5, 0.6) is 0 Å². The van der Waals surface area contributed by atoms with Crippen molar-refractivity contribution < 1.29 is 14.3 Å². The first kappa shape index (κ1) is 16.8. The summed E-state index contributed by atoms with van der Waals surface area (Å²) in [7, 11) is 0. The van der Waals surface area contributed by atoms with E-state index in [-0.39, 0.29) is 6.54 Å². The number of carbonyl (C=O) groups excluding carboxylic acids is 2. The third kappa shape index (κ3) is 6.65. The lowest BCUT2D eigenvalue weighted by Gasteiger charge is -2.22. The Hall–Kier alpha value is -2.24. The number of hydrogen-bond acceptors (Lipinski definition) is 4. The van der Waals surface area contributed by atoms with Gasteiger partial charge >= 0.3 is 6.09 Å². The highest BCUT2D eigenvalue weighted by molar-refractivity contribution is 5.84. The predicted molar refractivity (Wildman–Crippen MR) is 82.0 cm³/mol. The zero-order valence-corrected chi connectivity index (χ0v) is 12.9. The normalized spacial score (nSPS) is 12.4. The summed E-state index contributed by atoms with van der Waals surface area (Å²) in [5.74, 6) is -0.549. The lowest BCUT2D eigenvalue weighted by molar-refractivity contribution is -0.118. The fourth-order valence-corrected chi connectivity index (χ4v) is 1.57. The fourth-order valence-electron chi connectivity index (χ4n) is 1.57. The monoisotopic (exact) mass is 293 g/mol. The standard InChI is InChI=1S/C15H23N3O3/c1-10-5-7-11(8-6-10)18-12(13(16)19)9-17-14(20)21-15(2,3)4/h5-8,12,18H,9H2,1-4H3,(H2,16,19)(H,17,20). The molecule has 0 aromatic heterocycles. The molecule has 0 aliphatic carbocycles. The largest absolute Gasteiger partial charge is 0.444 e. The number of ether oxygens (including phenoxy) is 1. The number of hydrogen-bond donors (Lipinski definition) is 3. The smallest absolute Gasteiger partial charge is 0.407 e. The van der Waals surface area contributed by atoms with E-state index in [1.54, 1.807) is 20.8 Å². The second-order valence-electron chi connectivity index (χ2n) is 5.85. The Morgan fingerprint density at radius 1 is 1.24 bits per heavy atom. The Kier molecular flexibility index (Phi) is 5.58. The Labute approximate surface area is 125 Å². The third-order valence-corrected chi connectivity index (χ3v) is 2.59. The van der Waals surface area contributed by atoms with Gasteiger partial charge in [-0.15, -0.1) is 0 Å². The summed E-state index contributed by atoms with van der Waals surface area (Å²) in [6.45, 7) is 7.33. The average Bonchev–Trinajstić information content (AvgIpc) is 2.34. The van der Waals surface area contributed by atoms with E-state index in [1.165, 1.54) is 0 Å². The van der Waals surface area contributed by atoms with E-state index in [4.69, 9.17) is 10.5 Å². The zero-order chi connectivity index (χ0) is 16.0.